The molecule has 3 rings (SSSR count). The van der Waals surface area contributed by atoms with Crippen LogP contribution in [0, 0.1) is 5.92 Å². The Hall–Kier alpha value is -1.86. The highest BCUT2D eigenvalue weighted by Gasteiger charge is 2.21. The van der Waals surface area contributed by atoms with Crippen molar-refractivity contribution in [2.24, 2.45) is 5.92 Å². The van der Waals surface area contributed by atoms with Gasteiger partial charge >= 0.3 is 0 Å². The summed E-state index contributed by atoms with van der Waals surface area (Å²) in [7, 11) is 2.23. The van der Waals surface area contributed by atoms with E-state index in [9.17, 15) is 0 Å². The molecule has 0 amide bonds. The number of nitrogens with zero attached hydrogens (tertiary/aromatic N) is 6. The van der Waals surface area contributed by atoms with Gasteiger partial charge in [-0.25, -0.2) is 0 Å². The van der Waals surface area contributed by atoms with Gasteiger partial charge in [0.05, 0.1) is 0 Å². The first-order valence-electron chi connectivity index (χ1n) is 8.73. The van der Waals surface area contributed by atoms with E-state index in [-0.39, 0.29) is 0 Å². The van der Waals surface area contributed by atoms with Gasteiger partial charge < -0.3 is 4.90 Å². The summed E-state index contributed by atoms with van der Waals surface area (Å²) in [6.07, 6.45) is 4.38. The quantitative estimate of drug-likeness (QED) is 0.871. The Balaban J connectivity index is 1.52. The number of hydrogen-bond donors (Lipinski definition) is 1. The Labute approximate surface area is 143 Å². The lowest BCUT2D eigenvalue weighted by Gasteiger charge is -2.35. The van der Waals surface area contributed by atoms with E-state index in [1.54, 1.807) is 0 Å². The van der Waals surface area contributed by atoms with Crippen molar-refractivity contribution < 1.29 is 0 Å². The molecule has 1 aliphatic rings. The third kappa shape index (κ3) is 4.36. The van der Waals surface area contributed by atoms with E-state index in [4.69, 9.17) is 0 Å². The van der Waals surface area contributed by atoms with Gasteiger partial charge in [-0.2, -0.15) is 5.21 Å². The number of piperidine rings is 1. The van der Waals surface area contributed by atoms with Gasteiger partial charge in [-0.15, -0.1) is 10.2 Å². The first-order valence-corrected chi connectivity index (χ1v) is 8.73. The van der Waals surface area contributed by atoms with Crippen molar-refractivity contribution in [3.63, 3.8) is 0 Å². The number of aromatic amines is 1. The molecule has 0 aliphatic carbocycles. The Morgan fingerprint density at radius 1 is 1.33 bits per heavy atom. The molecule has 0 aromatic carbocycles. The maximum atomic E-state index is 4.33. The van der Waals surface area contributed by atoms with Gasteiger partial charge in [-0.1, -0.05) is 0 Å². The number of likely N-dealkylation sites (tertiary alicyclic amines) is 1. The summed E-state index contributed by atoms with van der Waals surface area (Å²) in [5, 5.41) is 14.1. The SMILES string of the molecule is CC(C)N(C)CC1CCN(Cc2ccnc(-c3nn[nH]n3)c2)CC1. The Morgan fingerprint density at radius 3 is 2.79 bits per heavy atom. The molecule has 0 spiro atoms. The van der Waals surface area contributed by atoms with Crippen LogP contribution >= 0.6 is 0 Å². The van der Waals surface area contributed by atoms with Crippen molar-refractivity contribution >= 4 is 0 Å². The predicted molar refractivity (Wildman–Crippen MR) is 93.2 cm³/mol. The zero-order valence-corrected chi connectivity index (χ0v) is 14.8. The predicted octanol–water partition coefficient (Wildman–Crippen LogP) is 1.81. The lowest BCUT2D eigenvalue weighted by atomic mass is 9.95. The van der Waals surface area contributed by atoms with Crippen molar-refractivity contribution in [1.82, 2.24) is 35.4 Å². The fraction of sp³-hybridized carbons (Fsp3) is 0.647. The highest BCUT2D eigenvalue weighted by molar-refractivity contribution is 5.48. The van der Waals surface area contributed by atoms with Gasteiger partial charge in [-0.05, 0) is 75.7 Å². The first kappa shape index (κ1) is 17.0. The van der Waals surface area contributed by atoms with E-state index in [1.165, 1.54) is 24.9 Å². The highest BCUT2D eigenvalue weighted by atomic mass is 15.5. The molecule has 0 radical (unpaired) electrons. The van der Waals surface area contributed by atoms with Gasteiger partial charge in [0.2, 0.25) is 5.82 Å². The highest BCUT2D eigenvalue weighted by Crippen LogP contribution is 2.21. The van der Waals surface area contributed by atoms with Crippen LogP contribution in [-0.2, 0) is 6.54 Å². The molecular weight excluding hydrogens is 302 g/mol. The fourth-order valence-electron chi connectivity index (χ4n) is 3.17. The Bertz CT molecular complexity index is 618. The number of nitrogens with one attached hydrogen (secondary N) is 1. The van der Waals surface area contributed by atoms with Crippen LogP contribution in [-0.4, -0.2) is 68.1 Å². The second kappa shape index (κ2) is 7.81. The standard InChI is InChI=1S/C17H27N7/c1-13(2)23(3)11-14-5-8-24(9-6-14)12-15-4-7-18-16(10-15)17-19-21-22-20-17/h4,7,10,13-14H,5-6,8-9,11-12H2,1-3H3,(H,19,20,21,22). The van der Waals surface area contributed by atoms with E-state index < -0.39 is 0 Å². The lowest BCUT2D eigenvalue weighted by molar-refractivity contribution is 0.138. The molecule has 7 nitrogen and oxygen atoms in total. The molecular formula is C17H27N7. The summed E-state index contributed by atoms with van der Waals surface area (Å²) >= 11 is 0. The van der Waals surface area contributed by atoms with E-state index >= 15 is 0 Å². The minimum Gasteiger partial charge on any atom is -0.304 e. The second-order valence-corrected chi connectivity index (χ2v) is 7.04. The first-order chi connectivity index (χ1) is 11.6. The minimum absolute atomic E-state index is 0.548. The number of pyridine rings is 1. The maximum absolute atomic E-state index is 4.33. The normalized spacial score (nSPS) is 17.0. The molecule has 1 fully saturated rings. The maximum Gasteiger partial charge on any atom is 0.222 e. The fourth-order valence-corrected chi connectivity index (χ4v) is 3.17. The molecule has 0 unspecified atom stereocenters. The summed E-state index contributed by atoms with van der Waals surface area (Å²) in [5.41, 5.74) is 2.03. The lowest BCUT2D eigenvalue weighted by Crippen LogP contribution is -2.39. The molecule has 1 N–H and O–H groups in total. The molecule has 1 aliphatic heterocycles. The van der Waals surface area contributed by atoms with Crippen LogP contribution in [0.5, 0.6) is 0 Å². The summed E-state index contributed by atoms with van der Waals surface area (Å²) in [4.78, 5) is 9.31. The zero-order valence-electron chi connectivity index (χ0n) is 14.8. The van der Waals surface area contributed by atoms with Crippen molar-refractivity contribution in [1.29, 1.82) is 0 Å². The minimum atomic E-state index is 0.548. The molecule has 24 heavy (non-hydrogen) atoms. The van der Waals surface area contributed by atoms with Gasteiger partial charge in [0.15, 0.2) is 0 Å². The molecule has 130 valence electrons. The summed E-state index contributed by atoms with van der Waals surface area (Å²) in [6.45, 7) is 9.02. The topological polar surface area (TPSA) is 73.8 Å². The van der Waals surface area contributed by atoms with Crippen LogP contribution in [0.4, 0.5) is 0 Å². The van der Waals surface area contributed by atoms with E-state index in [0.717, 1.165) is 31.2 Å². The molecule has 7 heteroatoms. The molecule has 0 saturated carbocycles. The average Bonchev–Trinajstić information content (AvgIpc) is 3.11. The van der Waals surface area contributed by atoms with Gasteiger partial charge in [0.1, 0.15) is 5.69 Å². The molecule has 3 heterocycles. The largest absolute Gasteiger partial charge is 0.304 e. The number of rotatable bonds is 6. The van der Waals surface area contributed by atoms with Crippen molar-refractivity contribution in [3.05, 3.63) is 23.9 Å². The van der Waals surface area contributed by atoms with Crippen LogP contribution in [0.1, 0.15) is 32.3 Å². The van der Waals surface area contributed by atoms with Crippen LogP contribution in [0.2, 0.25) is 0 Å². The molecule has 0 bridgehead atoms. The summed E-state index contributed by atoms with van der Waals surface area (Å²) < 4.78 is 0. The Morgan fingerprint density at radius 2 is 2.12 bits per heavy atom. The van der Waals surface area contributed by atoms with E-state index in [0.29, 0.717) is 11.9 Å². The number of aromatic nitrogens is 5. The van der Waals surface area contributed by atoms with Crippen LogP contribution in [0.25, 0.3) is 11.5 Å². The monoisotopic (exact) mass is 329 g/mol. The van der Waals surface area contributed by atoms with Crippen molar-refractivity contribution in [3.8, 4) is 11.5 Å². The third-order valence-corrected chi connectivity index (χ3v) is 4.94. The van der Waals surface area contributed by atoms with Crippen LogP contribution in [0.3, 0.4) is 0 Å². The summed E-state index contributed by atoms with van der Waals surface area (Å²) in [5.74, 6) is 1.37. The van der Waals surface area contributed by atoms with Crippen LogP contribution in [0.15, 0.2) is 18.3 Å². The third-order valence-electron chi connectivity index (χ3n) is 4.94. The molecule has 0 atom stereocenters. The Kier molecular flexibility index (Phi) is 5.52. The average molecular weight is 329 g/mol. The zero-order chi connectivity index (χ0) is 16.9. The molecule has 1 saturated heterocycles. The van der Waals surface area contributed by atoms with Gasteiger partial charge in [0, 0.05) is 25.3 Å². The van der Waals surface area contributed by atoms with Gasteiger partial charge in [-0.3, -0.25) is 9.88 Å². The molecule has 2 aromatic heterocycles. The number of hydrogen-bond acceptors (Lipinski definition) is 6. The van der Waals surface area contributed by atoms with E-state index in [1.807, 2.05) is 6.20 Å². The molecule has 2 aromatic rings. The number of tetrazole rings is 1. The van der Waals surface area contributed by atoms with Crippen molar-refractivity contribution in [2.45, 2.75) is 39.3 Å². The van der Waals surface area contributed by atoms with Crippen molar-refractivity contribution in [2.75, 3.05) is 26.7 Å². The second-order valence-electron chi connectivity index (χ2n) is 7.04. The summed E-state index contributed by atoms with van der Waals surface area (Å²) in [6, 6.07) is 4.76. The number of H-pyrrole nitrogens is 1. The van der Waals surface area contributed by atoms with E-state index in [2.05, 4.69) is 68.4 Å². The smallest absolute Gasteiger partial charge is 0.222 e. The van der Waals surface area contributed by atoms with Crippen LogP contribution < -0.4 is 0 Å². The van der Waals surface area contributed by atoms with Gasteiger partial charge in [0.25, 0.3) is 0 Å².